The summed E-state index contributed by atoms with van der Waals surface area (Å²) in [5.74, 6) is -0.341. The Hall–Kier alpha value is -2.43. The van der Waals surface area contributed by atoms with Crippen LogP contribution in [0.2, 0.25) is 0 Å². The van der Waals surface area contributed by atoms with Gasteiger partial charge in [-0.2, -0.15) is 0 Å². The predicted octanol–water partition coefficient (Wildman–Crippen LogP) is 7.27. The molecule has 3 aromatic rings. The quantitative estimate of drug-likeness (QED) is 0.403. The number of aliphatic hydroxyl groups is 1. The highest BCUT2D eigenvalue weighted by Gasteiger charge is 2.62. The number of rotatable bonds is 5. The second-order valence-electron chi connectivity index (χ2n) is 8.81. The van der Waals surface area contributed by atoms with Crippen LogP contribution in [0, 0.1) is 32.5 Å². The second-order valence-corrected chi connectivity index (χ2v) is 9.67. The van der Waals surface area contributed by atoms with E-state index in [9.17, 15) is 9.50 Å². The summed E-state index contributed by atoms with van der Waals surface area (Å²) >= 11 is 3.64. The van der Waals surface area contributed by atoms with Gasteiger partial charge in [-0.25, -0.2) is 4.39 Å². The Morgan fingerprint density at radius 3 is 2.35 bits per heavy atom. The van der Waals surface area contributed by atoms with Crippen molar-refractivity contribution < 1.29 is 9.50 Å². The van der Waals surface area contributed by atoms with Crippen molar-refractivity contribution in [3.05, 3.63) is 99.4 Å². The maximum absolute atomic E-state index is 13.3. The van der Waals surface area contributed by atoms with Crippen molar-refractivity contribution in [3.63, 3.8) is 0 Å². The Bertz CT molecular complexity index is 1140. The molecule has 0 aliphatic heterocycles. The highest BCUT2D eigenvalue weighted by atomic mass is 79.9. The molecule has 1 aliphatic carbocycles. The summed E-state index contributed by atoms with van der Waals surface area (Å²) in [6.07, 6.45) is 0. The molecule has 1 saturated carbocycles. The number of hydrogen-bond donors (Lipinski definition) is 2. The summed E-state index contributed by atoms with van der Waals surface area (Å²) in [4.78, 5) is 0. The van der Waals surface area contributed by atoms with Gasteiger partial charge in [0.2, 0.25) is 0 Å². The third-order valence-electron chi connectivity index (χ3n) is 6.54. The molecule has 0 aromatic heterocycles. The minimum Gasteiger partial charge on any atom is -0.389 e. The van der Waals surface area contributed by atoms with E-state index in [1.54, 1.807) is 12.1 Å². The Labute approximate surface area is 192 Å². The summed E-state index contributed by atoms with van der Waals surface area (Å²) < 4.78 is 14.4. The lowest BCUT2D eigenvalue weighted by molar-refractivity contribution is 0.153. The van der Waals surface area contributed by atoms with E-state index in [0.717, 1.165) is 38.1 Å². The molecule has 1 aliphatic rings. The lowest BCUT2D eigenvalue weighted by atomic mass is 9.99. The zero-order valence-electron chi connectivity index (χ0n) is 18.3. The molecular weight excluding hydrogens is 453 g/mol. The molecule has 0 saturated heterocycles. The smallest absolute Gasteiger partial charge is 0.123 e. The molecule has 0 heterocycles. The molecule has 0 radical (unpaired) electrons. The Morgan fingerprint density at radius 1 is 1.03 bits per heavy atom. The van der Waals surface area contributed by atoms with Gasteiger partial charge in [-0.15, -0.1) is 0 Å². The second kappa shape index (κ2) is 7.92. The summed E-state index contributed by atoms with van der Waals surface area (Å²) in [7, 11) is 0. The number of aryl methyl sites for hydroxylation is 2. The molecule has 0 bridgehead atoms. The standard InChI is InChI=1S/C27H27BrFNO/c1-15-6-11-22(14-23(15)19-7-9-21(29)10-8-19)30-18(4)25-26(27(25,5)31)20-12-16(2)17(3)24(28)13-20/h6-14,25-26,30-31H,4H2,1-3,5H3. The van der Waals surface area contributed by atoms with Crippen LogP contribution in [0.15, 0.2) is 71.3 Å². The number of benzene rings is 3. The van der Waals surface area contributed by atoms with E-state index in [0.29, 0.717) is 0 Å². The fraction of sp³-hybridized carbons (Fsp3) is 0.259. The molecule has 2 nitrogen and oxygen atoms in total. The largest absolute Gasteiger partial charge is 0.389 e. The molecule has 4 heteroatoms. The first-order chi connectivity index (χ1) is 14.6. The number of nitrogens with one attached hydrogen (secondary N) is 1. The molecule has 0 spiro atoms. The lowest BCUT2D eigenvalue weighted by Gasteiger charge is -2.14. The molecule has 1 fully saturated rings. The summed E-state index contributed by atoms with van der Waals surface area (Å²) in [5, 5.41) is 14.5. The van der Waals surface area contributed by atoms with Gasteiger partial charge in [0, 0.05) is 27.7 Å². The Morgan fingerprint density at radius 2 is 1.71 bits per heavy atom. The zero-order chi connectivity index (χ0) is 22.5. The number of halogens is 2. The first-order valence-electron chi connectivity index (χ1n) is 10.4. The molecule has 160 valence electrons. The van der Waals surface area contributed by atoms with Crippen LogP contribution in [0.4, 0.5) is 10.1 Å². The number of anilines is 1. The third kappa shape index (κ3) is 4.07. The molecule has 0 amide bonds. The van der Waals surface area contributed by atoms with E-state index in [4.69, 9.17) is 0 Å². The van der Waals surface area contributed by atoms with Crippen molar-refractivity contribution in [1.29, 1.82) is 0 Å². The van der Waals surface area contributed by atoms with Crippen LogP contribution in [-0.2, 0) is 0 Å². The van der Waals surface area contributed by atoms with Crippen LogP contribution >= 0.6 is 15.9 Å². The van der Waals surface area contributed by atoms with Gasteiger partial charge in [0.1, 0.15) is 5.82 Å². The summed E-state index contributed by atoms with van der Waals surface area (Å²) in [6.45, 7) is 12.3. The SMILES string of the molecule is C=C(Nc1ccc(C)c(-c2ccc(F)cc2)c1)C1C(c2cc(C)c(C)c(Br)c2)C1(C)O. The van der Waals surface area contributed by atoms with Gasteiger partial charge >= 0.3 is 0 Å². The monoisotopic (exact) mass is 479 g/mol. The summed E-state index contributed by atoms with van der Waals surface area (Å²) in [6, 6.07) is 16.9. The van der Waals surface area contributed by atoms with Crippen molar-refractivity contribution in [2.75, 3.05) is 5.32 Å². The van der Waals surface area contributed by atoms with Gasteiger partial charge in [0.25, 0.3) is 0 Å². The van der Waals surface area contributed by atoms with Gasteiger partial charge in [-0.3, -0.25) is 0 Å². The van der Waals surface area contributed by atoms with Gasteiger partial charge in [0.05, 0.1) is 5.60 Å². The highest BCUT2D eigenvalue weighted by molar-refractivity contribution is 9.10. The zero-order valence-corrected chi connectivity index (χ0v) is 19.8. The van der Waals surface area contributed by atoms with Gasteiger partial charge in [0.15, 0.2) is 0 Å². The van der Waals surface area contributed by atoms with E-state index in [1.165, 1.54) is 23.3 Å². The van der Waals surface area contributed by atoms with E-state index >= 15 is 0 Å². The minimum atomic E-state index is -0.851. The normalized spacial score (nSPS) is 22.3. The molecular formula is C27H27BrFNO. The van der Waals surface area contributed by atoms with Gasteiger partial charge < -0.3 is 10.4 Å². The topological polar surface area (TPSA) is 32.3 Å². The molecule has 3 aromatic carbocycles. The maximum atomic E-state index is 13.3. The Kier molecular flexibility index (Phi) is 5.57. The van der Waals surface area contributed by atoms with Crippen molar-refractivity contribution in [1.82, 2.24) is 0 Å². The molecule has 31 heavy (non-hydrogen) atoms. The lowest BCUT2D eigenvalue weighted by Crippen LogP contribution is -2.10. The molecule has 4 rings (SSSR count). The van der Waals surface area contributed by atoms with Gasteiger partial charge in [-0.05, 0) is 91.4 Å². The number of hydrogen-bond acceptors (Lipinski definition) is 2. The van der Waals surface area contributed by atoms with Crippen molar-refractivity contribution >= 4 is 21.6 Å². The van der Waals surface area contributed by atoms with E-state index in [-0.39, 0.29) is 17.7 Å². The van der Waals surface area contributed by atoms with Crippen molar-refractivity contribution in [2.45, 2.75) is 39.2 Å². The van der Waals surface area contributed by atoms with Crippen LogP contribution in [0.1, 0.15) is 35.1 Å². The maximum Gasteiger partial charge on any atom is 0.123 e. The average Bonchev–Trinajstić information content (AvgIpc) is 3.30. The summed E-state index contributed by atoms with van der Waals surface area (Å²) in [5.41, 5.74) is 7.48. The molecule has 3 atom stereocenters. The minimum absolute atomic E-state index is 0.00915. The van der Waals surface area contributed by atoms with Crippen LogP contribution in [0.25, 0.3) is 11.1 Å². The third-order valence-corrected chi connectivity index (χ3v) is 7.37. The Balaban J connectivity index is 1.57. The van der Waals surface area contributed by atoms with Crippen LogP contribution < -0.4 is 5.32 Å². The van der Waals surface area contributed by atoms with Crippen molar-refractivity contribution in [3.8, 4) is 11.1 Å². The van der Waals surface area contributed by atoms with E-state index in [1.807, 2.05) is 32.0 Å². The fourth-order valence-corrected chi connectivity index (χ4v) is 5.09. The average molecular weight is 480 g/mol. The van der Waals surface area contributed by atoms with Crippen LogP contribution in [0.5, 0.6) is 0 Å². The van der Waals surface area contributed by atoms with E-state index in [2.05, 4.69) is 53.8 Å². The first-order valence-corrected chi connectivity index (χ1v) is 11.2. The van der Waals surface area contributed by atoms with Crippen LogP contribution in [-0.4, -0.2) is 10.7 Å². The predicted molar refractivity (Wildman–Crippen MR) is 130 cm³/mol. The molecule has 3 unspecified atom stereocenters. The van der Waals surface area contributed by atoms with Gasteiger partial charge in [-0.1, -0.05) is 46.8 Å². The molecule has 2 N–H and O–H groups in total. The fourth-order valence-electron chi connectivity index (χ4n) is 4.51. The van der Waals surface area contributed by atoms with E-state index < -0.39 is 5.60 Å². The van der Waals surface area contributed by atoms with Crippen LogP contribution in [0.3, 0.4) is 0 Å². The first kappa shape index (κ1) is 21.8. The van der Waals surface area contributed by atoms with Crippen molar-refractivity contribution in [2.24, 2.45) is 5.92 Å². The highest BCUT2D eigenvalue weighted by Crippen LogP contribution is 2.60.